The second-order valence-electron chi connectivity index (χ2n) is 7.20. The largest absolute Gasteiger partial charge is 0.493 e. The van der Waals surface area contributed by atoms with Crippen LogP contribution in [0.5, 0.6) is 17.2 Å². The van der Waals surface area contributed by atoms with E-state index < -0.39 is 6.23 Å². The molecule has 0 unspecified atom stereocenters. The summed E-state index contributed by atoms with van der Waals surface area (Å²) < 4.78 is 24.6. The molecule has 1 aliphatic heterocycles. The van der Waals surface area contributed by atoms with Crippen LogP contribution in [0.15, 0.2) is 40.6 Å². The number of ketones is 1. The molecule has 7 nitrogen and oxygen atoms in total. The molecule has 9 heteroatoms. The number of carbonyl (C=O) groups is 1. The molecular formula is C23H22ClNO6S. The summed E-state index contributed by atoms with van der Waals surface area (Å²) >= 11 is 7.84. The van der Waals surface area contributed by atoms with Crippen molar-refractivity contribution in [2.45, 2.75) is 19.6 Å². The second-order valence-corrected chi connectivity index (χ2v) is 8.55. The molecule has 0 N–H and O–H groups in total. The van der Waals surface area contributed by atoms with E-state index in [0.717, 1.165) is 11.3 Å². The molecule has 32 heavy (non-hydrogen) atoms. The van der Waals surface area contributed by atoms with Crippen molar-refractivity contribution in [2.75, 3.05) is 27.4 Å². The van der Waals surface area contributed by atoms with Crippen LogP contribution in [0.3, 0.4) is 0 Å². The normalized spacial score (nSPS) is 14.3. The number of fused-ring (bicyclic) bond motifs is 3. The van der Waals surface area contributed by atoms with Gasteiger partial charge in [0.25, 0.3) is 0 Å². The molecule has 1 aliphatic rings. The van der Waals surface area contributed by atoms with Gasteiger partial charge in [-0.05, 0) is 24.4 Å². The third-order valence-electron chi connectivity index (χ3n) is 5.11. The molecule has 1 atom stereocenters. The number of hydrogen-bond donors (Lipinski definition) is 0. The zero-order chi connectivity index (χ0) is 22.8. The first-order chi connectivity index (χ1) is 15.4. The number of hydrogen-bond acceptors (Lipinski definition) is 7. The Morgan fingerprint density at radius 2 is 2.03 bits per heavy atom. The van der Waals surface area contributed by atoms with Gasteiger partial charge >= 0.3 is 0 Å². The molecule has 3 heterocycles. The summed E-state index contributed by atoms with van der Waals surface area (Å²) in [6.45, 7) is 2.39. The third kappa shape index (κ3) is 4.13. The Balaban J connectivity index is 1.86. The van der Waals surface area contributed by atoms with Crippen LogP contribution in [0.25, 0.3) is 11.3 Å². The Morgan fingerprint density at radius 1 is 1.22 bits per heavy atom. The predicted molar refractivity (Wildman–Crippen MR) is 123 cm³/mol. The number of benzene rings is 1. The van der Waals surface area contributed by atoms with Crippen molar-refractivity contribution in [1.82, 2.24) is 4.57 Å². The van der Waals surface area contributed by atoms with Crippen molar-refractivity contribution in [3.05, 3.63) is 61.5 Å². The Hall–Kier alpha value is -2.81. The maximum atomic E-state index is 12.7. The summed E-state index contributed by atoms with van der Waals surface area (Å²) in [6, 6.07) is 6.76. The van der Waals surface area contributed by atoms with Gasteiger partial charge in [-0.15, -0.1) is 11.3 Å². The molecule has 0 bridgehead atoms. The molecule has 0 aliphatic carbocycles. The summed E-state index contributed by atoms with van der Waals surface area (Å²) in [5.41, 5.74) is 0.984. The van der Waals surface area contributed by atoms with Gasteiger partial charge in [0.2, 0.25) is 6.23 Å². The SMILES string of the molecule is COCCCOc1cc2c(cc1OC)-c1cc(=O)c(C(C)=O)cn1[C@@H](c1sccc1Cl)O2. The predicted octanol–water partition coefficient (Wildman–Crippen LogP) is 4.80. The molecular weight excluding hydrogens is 454 g/mol. The number of nitrogens with zero attached hydrogens (tertiary/aromatic N) is 1. The molecule has 3 aromatic rings. The number of carbonyl (C=O) groups excluding carboxylic acids is 1. The van der Waals surface area contributed by atoms with E-state index in [9.17, 15) is 9.59 Å². The van der Waals surface area contributed by atoms with Crippen LogP contribution < -0.4 is 19.6 Å². The van der Waals surface area contributed by atoms with Crippen LogP contribution in [0.2, 0.25) is 5.02 Å². The smallest absolute Gasteiger partial charge is 0.213 e. The Labute approximate surface area is 194 Å². The van der Waals surface area contributed by atoms with Gasteiger partial charge < -0.3 is 23.5 Å². The zero-order valence-corrected chi connectivity index (χ0v) is 19.4. The lowest BCUT2D eigenvalue weighted by Gasteiger charge is -2.31. The van der Waals surface area contributed by atoms with Crippen molar-refractivity contribution in [1.29, 1.82) is 0 Å². The standard InChI is InChI=1S/C23H22ClNO6S/c1-13(26)15-12-25-17(10-18(15)27)14-9-20(29-3)21(30-7-4-6-28-2)11-19(14)31-23(25)22-16(24)5-8-32-22/h5,8-12,23H,4,6-7H2,1-3H3/t23-/m1/s1. The molecule has 0 fully saturated rings. The van der Waals surface area contributed by atoms with Crippen molar-refractivity contribution in [3.63, 3.8) is 0 Å². The number of ether oxygens (including phenoxy) is 4. The lowest BCUT2D eigenvalue weighted by atomic mass is 10.0. The first-order valence-electron chi connectivity index (χ1n) is 9.95. The van der Waals surface area contributed by atoms with Gasteiger partial charge in [-0.1, -0.05) is 11.6 Å². The second kappa shape index (κ2) is 9.36. The highest BCUT2D eigenvalue weighted by Gasteiger charge is 2.31. The fraction of sp³-hybridized carbons (Fsp3) is 0.304. The molecule has 0 amide bonds. The Kier molecular flexibility index (Phi) is 6.55. The van der Waals surface area contributed by atoms with E-state index >= 15 is 0 Å². The highest BCUT2D eigenvalue weighted by molar-refractivity contribution is 7.10. The fourth-order valence-electron chi connectivity index (χ4n) is 3.56. The van der Waals surface area contributed by atoms with Crippen molar-refractivity contribution < 1.29 is 23.7 Å². The van der Waals surface area contributed by atoms with Gasteiger partial charge in [0.05, 0.1) is 34.9 Å². The monoisotopic (exact) mass is 475 g/mol. The van der Waals surface area contributed by atoms with Gasteiger partial charge in [-0.25, -0.2) is 0 Å². The van der Waals surface area contributed by atoms with Crippen molar-refractivity contribution in [2.24, 2.45) is 0 Å². The highest BCUT2D eigenvalue weighted by atomic mass is 35.5. The zero-order valence-electron chi connectivity index (χ0n) is 17.8. The number of pyridine rings is 1. The lowest BCUT2D eigenvalue weighted by molar-refractivity contribution is 0.101. The number of Topliss-reactive ketones (excluding diaryl/α,β-unsaturated/α-hetero) is 1. The van der Waals surface area contributed by atoms with E-state index in [1.54, 1.807) is 37.0 Å². The van der Waals surface area contributed by atoms with Crippen LogP contribution in [0, 0.1) is 0 Å². The molecule has 4 rings (SSSR count). The van der Waals surface area contributed by atoms with Gasteiger partial charge in [-0.2, -0.15) is 0 Å². The first-order valence-corrected chi connectivity index (χ1v) is 11.2. The van der Waals surface area contributed by atoms with E-state index in [-0.39, 0.29) is 16.8 Å². The van der Waals surface area contributed by atoms with Gasteiger partial charge in [-0.3, -0.25) is 9.59 Å². The summed E-state index contributed by atoms with van der Waals surface area (Å²) in [7, 11) is 3.19. The Bertz CT molecular complexity index is 1220. The minimum absolute atomic E-state index is 0.0866. The van der Waals surface area contributed by atoms with E-state index in [2.05, 4.69) is 0 Å². The van der Waals surface area contributed by atoms with Gasteiger partial charge in [0.15, 0.2) is 22.7 Å². The quantitative estimate of drug-likeness (QED) is 0.344. The molecule has 168 valence electrons. The van der Waals surface area contributed by atoms with Crippen LogP contribution in [0.1, 0.15) is 34.8 Å². The molecule has 0 radical (unpaired) electrons. The summed E-state index contributed by atoms with van der Waals surface area (Å²) in [6.07, 6.45) is 1.61. The number of aromatic nitrogens is 1. The number of thiophene rings is 1. The van der Waals surface area contributed by atoms with E-state index in [4.69, 9.17) is 30.5 Å². The third-order valence-corrected chi connectivity index (χ3v) is 6.50. The fourth-order valence-corrected chi connectivity index (χ4v) is 4.73. The van der Waals surface area contributed by atoms with E-state index in [0.29, 0.717) is 46.7 Å². The molecule has 0 spiro atoms. The number of methoxy groups -OCH3 is 2. The van der Waals surface area contributed by atoms with E-state index in [1.165, 1.54) is 30.5 Å². The van der Waals surface area contributed by atoms with Gasteiger partial charge in [0.1, 0.15) is 5.75 Å². The average molecular weight is 476 g/mol. The summed E-state index contributed by atoms with van der Waals surface area (Å²) in [5, 5.41) is 2.41. The molecule has 2 aromatic heterocycles. The number of halogens is 1. The van der Waals surface area contributed by atoms with Crippen LogP contribution in [-0.2, 0) is 4.74 Å². The first kappa shape index (κ1) is 22.4. The minimum Gasteiger partial charge on any atom is -0.493 e. The number of rotatable bonds is 8. The van der Waals surface area contributed by atoms with Gasteiger partial charge in [0, 0.05) is 44.0 Å². The van der Waals surface area contributed by atoms with Crippen molar-refractivity contribution in [3.8, 4) is 28.5 Å². The topological polar surface area (TPSA) is 76.0 Å². The van der Waals surface area contributed by atoms with Crippen LogP contribution in [0.4, 0.5) is 0 Å². The van der Waals surface area contributed by atoms with Crippen molar-refractivity contribution >= 4 is 28.7 Å². The maximum absolute atomic E-state index is 12.7. The van der Waals surface area contributed by atoms with Crippen LogP contribution >= 0.6 is 22.9 Å². The summed E-state index contributed by atoms with van der Waals surface area (Å²) in [4.78, 5) is 25.4. The average Bonchev–Trinajstić information content (AvgIpc) is 3.20. The Morgan fingerprint density at radius 3 is 2.69 bits per heavy atom. The summed E-state index contributed by atoms with van der Waals surface area (Å²) in [5.74, 6) is 1.24. The lowest BCUT2D eigenvalue weighted by Crippen LogP contribution is -2.27. The highest BCUT2D eigenvalue weighted by Crippen LogP contribution is 2.47. The molecule has 1 aromatic carbocycles. The van der Waals surface area contributed by atoms with E-state index in [1.807, 2.05) is 5.38 Å². The van der Waals surface area contributed by atoms with Crippen LogP contribution in [-0.4, -0.2) is 37.8 Å². The molecule has 0 saturated carbocycles. The molecule has 0 saturated heterocycles. The maximum Gasteiger partial charge on any atom is 0.213 e. The minimum atomic E-state index is -0.640.